The predicted molar refractivity (Wildman–Crippen MR) is 50.6 cm³/mol. The van der Waals surface area contributed by atoms with Gasteiger partial charge in [-0.25, -0.2) is 14.4 Å². The van der Waals surface area contributed by atoms with Gasteiger partial charge in [-0.2, -0.15) is 0 Å². The number of phenols is 2. The van der Waals surface area contributed by atoms with Crippen LogP contribution in [-0.2, 0) is 0 Å². The van der Waals surface area contributed by atoms with Crippen molar-refractivity contribution in [2.45, 2.75) is 0 Å². The number of carboxylic acids is 3. The number of aromatic carboxylic acids is 3. The van der Waals surface area contributed by atoms with Gasteiger partial charge in [0, 0.05) is 0 Å². The van der Waals surface area contributed by atoms with Gasteiger partial charge < -0.3 is 25.5 Å². The van der Waals surface area contributed by atoms with E-state index in [4.69, 9.17) is 15.3 Å². The molecule has 1 aromatic carbocycles. The summed E-state index contributed by atoms with van der Waals surface area (Å²) in [5, 5.41) is 44.5. The van der Waals surface area contributed by atoms with Crippen molar-refractivity contribution in [2.24, 2.45) is 0 Å². The standard InChI is InChI=1S/C9H6O8/c10-5-3(8(14)15)1-2(7(12)13)4(6(5)11)9(16)17/h1,10-11H,(H,12,13)(H,14,15)(H,16,17). The van der Waals surface area contributed by atoms with Crippen LogP contribution < -0.4 is 0 Å². The third kappa shape index (κ3) is 1.95. The first-order chi connectivity index (χ1) is 7.77. The van der Waals surface area contributed by atoms with Crippen LogP contribution in [0.4, 0.5) is 0 Å². The average molecular weight is 242 g/mol. The number of aromatic hydroxyl groups is 2. The summed E-state index contributed by atoms with van der Waals surface area (Å²) >= 11 is 0. The zero-order valence-electron chi connectivity index (χ0n) is 8.04. The Kier molecular flexibility index (Phi) is 2.90. The number of carboxylic acid groups (broad SMARTS) is 3. The lowest BCUT2D eigenvalue weighted by Gasteiger charge is -2.08. The summed E-state index contributed by atoms with van der Waals surface area (Å²) < 4.78 is 0. The van der Waals surface area contributed by atoms with Crippen molar-refractivity contribution >= 4 is 17.9 Å². The Bertz CT molecular complexity index is 530. The van der Waals surface area contributed by atoms with Gasteiger partial charge in [0.15, 0.2) is 11.5 Å². The Morgan fingerprint density at radius 2 is 1.24 bits per heavy atom. The largest absolute Gasteiger partial charge is 0.504 e. The topological polar surface area (TPSA) is 152 Å². The molecule has 0 spiro atoms. The zero-order chi connectivity index (χ0) is 13.3. The molecule has 0 radical (unpaired) electrons. The molecular weight excluding hydrogens is 236 g/mol. The van der Waals surface area contributed by atoms with Crippen molar-refractivity contribution in [3.63, 3.8) is 0 Å². The highest BCUT2D eigenvalue weighted by molar-refractivity contribution is 6.07. The van der Waals surface area contributed by atoms with Gasteiger partial charge in [-0.3, -0.25) is 0 Å². The Morgan fingerprint density at radius 1 is 0.765 bits per heavy atom. The number of rotatable bonds is 3. The fourth-order valence-electron chi connectivity index (χ4n) is 1.21. The summed E-state index contributed by atoms with van der Waals surface area (Å²) in [6.07, 6.45) is 0. The lowest BCUT2D eigenvalue weighted by molar-refractivity contribution is 0.0644. The van der Waals surface area contributed by atoms with Crippen molar-refractivity contribution in [3.8, 4) is 11.5 Å². The van der Waals surface area contributed by atoms with Crippen molar-refractivity contribution in [3.05, 3.63) is 22.8 Å². The molecule has 0 heterocycles. The fraction of sp³-hybridized carbons (Fsp3) is 0. The maximum Gasteiger partial charge on any atom is 0.340 e. The highest BCUT2D eigenvalue weighted by Crippen LogP contribution is 2.35. The smallest absolute Gasteiger partial charge is 0.340 e. The second kappa shape index (κ2) is 4.00. The SMILES string of the molecule is O=C(O)c1cc(C(=O)O)c(C(=O)O)c(O)c1O. The lowest BCUT2D eigenvalue weighted by Crippen LogP contribution is -2.11. The molecule has 0 saturated heterocycles. The maximum atomic E-state index is 10.7. The molecule has 0 fully saturated rings. The average Bonchev–Trinajstić information content (AvgIpc) is 2.19. The molecule has 1 rings (SSSR count). The van der Waals surface area contributed by atoms with E-state index in [0.717, 1.165) is 0 Å². The summed E-state index contributed by atoms with van der Waals surface area (Å²) in [5.74, 6) is -7.72. The maximum absolute atomic E-state index is 10.7. The van der Waals surface area contributed by atoms with Crippen molar-refractivity contribution < 1.29 is 39.9 Å². The first-order valence-electron chi connectivity index (χ1n) is 4.06. The van der Waals surface area contributed by atoms with Crippen molar-refractivity contribution in [2.75, 3.05) is 0 Å². The summed E-state index contributed by atoms with van der Waals surface area (Å²) in [4.78, 5) is 32.0. The van der Waals surface area contributed by atoms with E-state index in [9.17, 15) is 24.6 Å². The van der Waals surface area contributed by atoms with E-state index in [0.29, 0.717) is 6.07 Å². The highest BCUT2D eigenvalue weighted by atomic mass is 16.4. The van der Waals surface area contributed by atoms with E-state index >= 15 is 0 Å². The third-order valence-corrected chi connectivity index (χ3v) is 1.95. The van der Waals surface area contributed by atoms with Crippen LogP contribution in [0.2, 0.25) is 0 Å². The minimum absolute atomic E-state index is 0.461. The minimum atomic E-state index is -1.80. The molecule has 5 N–H and O–H groups in total. The quantitative estimate of drug-likeness (QED) is 0.471. The van der Waals surface area contributed by atoms with E-state index in [-0.39, 0.29) is 0 Å². The molecule has 0 unspecified atom stereocenters. The van der Waals surface area contributed by atoms with Crippen molar-refractivity contribution in [1.82, 2.24) is 0 Å². The molecule has 90 valence electrons. The Morgan fingerprint density at radius 3 is 1.59 bits per heavy atom. The first kappa shape index (κ1) is 12.3. The third-order valence-electron chi connectivity index (χ3n) is 1.95. The highest BCUT2D eigenvalue weighted by Gasteiger charge is 2.27. The zero-order valence-corrected chi connectivity index (χ0v) is 8.04. The number of carbonyl (C=O) groups is 3. The van der Waals surface area contributed by atoms with Crippen molar-refractivity contribution in [1.29, 1.82) is 0 Å². The van der Waals surface area contributed by atoms with Gasteiger partial charge in [0.25, 0.3) is 0 Å². The summed E-state index contributed by atoms with van der Waals surface area (Å²) in [6, 6.07) is 0.461. The molecule has 1 aromatic rings. The van der Waals surface area contributed by atoms with E-state index in [1.54, 1.807) is 0 Å². The minimum Gasteiger partial charge on any atom is -0.504 e. The van der Waals surface area contributed by atoms with Crippen LogP contribution in [0.3, 0.4) is 0 Å². The van der Waals surface area contributed by atoms with Crippen LogP contribution in [0.25, 0.3) is 0 Å². The fourth-order valence-corrected chi connectivity index (χ4v) is 1.21. The van der Waals surface area contributed by atoms with Crippen LogP contribution in [0, 0.1) is 0 Å². The molecule has 0 amide bonds. The lowest BCUT2D eigenvalue weighted by atomic mass is 10.0. The molecule has 17 heavy (non-hydrogen) atoms. The monoisotopic (exact) mass is 242 g/mol. The Hall–Kier alpha value is -2.77. The van der Waals surface area contributed by atoms with Gasteiger partial charge in [-0.1, -0.05) is 0 Å². The molecule has 0 atom stereocenters. The van der Waals surface area contributed by atoms with Crippen LogP contribution in [0.1, 0.15) is 31.1 Å². The Balaban J connectivity index is 3.75. The summed E-state index contributed by atoms with van der Waals surface area (Å²) in [7, 11) is 0. The summed E-state index contributed by atoms with van der Waals surface area (Å²) in [6.45, 7) is 0. The number of hydrogen-bond acceptors (Lipinski definition) is 5. The summed E-state index contributed by atoms with van der Waals surface area (Å²) in [5.41, 5.74) is -2.89. The van der Waals surface area contributed by atoms with E-state index in [1.807, 2.05) is 0 Å². The molecule has 0 aliphatic heterocycles. The van der Waals surface area contributed by atoms with Gasteiger partial charge in [-0.05, 0) is 6.07 Å². The predicted octanol–water partition coefficient (Wildman–Crippen LogP) is 0.192. The van der Waals surface area contributed by atoms with Gasteiger partial charge in [0.2, 0.25) is 0 Å². The van der Waals surface area contributed by atoms with Crippen LogP contribution in [0.15, 0.2) is 6.07 Å². The molecule has 0 saturated carbocycles. The van der Waals surface area contributed by atoms with E-state index < -0.39 is 46.1 Å². The molecule has 8 heteroatoms. The first-order valence-corrected chi connectivity index (χ1v) is 4.06. The number of benzene rings is 1. The molecule has 8 nitrogen and oxygen atoms in total. The molecule has 0 aliphatic carbocycles. The van der Waals surface area contributed by atoms with Gasteiger partial charge >= 0.3 is 17.9 Å². The van der Waals surface area contributed by atoms with Gasteiger partial charge in [0.05, 0.1) is 5.56 Å². The van der Waals surface area contributed by atoms with E-state index in [1.165, 1.54) is 0 Å². The molecular formula is C9H6O8. The van der Waals surface area contributed by atoms with Gasteiger partial charge in [0.1, 0.15) is 11.1 Å². The van der Waals surface area contributed by atoms with Gasteiger partial charge in [-0.15, -0.1) is 0 Å². The number of hydrogen-bond donors (Lipinski definition) is 5. The van der Waals surface area contributed by atoms with Crippen LogP contribution in [-0.4, -0.2) is 43.4 Å². The normalized spacial score (nSPS) is 9.88. The van der Waals surface area contributed by atoms with E-state index in [2.05, 4.69) is 0 Å². The van der Waals surface area contributed by atoms with Crippen LogP contribution in [0.5, 0.6) is 11.5 Å². The second-order valence-electron chi connectivity index (χ2n) is 2.96. The van der Waals surface area contributed by atoms with Crippen LogP contribution >= 0.6 is 0 Å². The second-order valence-corrected chi connectivity index (χ2v) is 2.96. The molecule has 0 aromatic heterocycles. The molecule has 0 aliphatic rings. The Labute approximate surface area is 93.0 Å². The molecule has 0 bridgehead atoms.